The van der Waals surface area contributed by atoms with Gasteiger partial charge >= 0.3 is 0 Å². The standard InChI is InChI=1S/C12H19N3O3/c1-12(18,8-16)7-14-11(17)9-4-5-13-10(6-9)15(2)3/h4-6,16,18H,7-8H2,1-3H3,(H,14,17). The van der Waals surface area contributed by atoms with E-state index >= 15 is 0 Å². The van der Waals surface area contributed by atoms with E-state index in [2.05, 4.69) is 10.3 Å². The molecule has 3 N–H and O–H groups in total. The molecule has 1 unspecified atom stereocenters. The third kappa shape index (κ3) is 3.97. The van der Waals surface area contributed by atoms with Crippen LogP contribution in [0.15, 0.2) is 18.3 Å². The highest BCUT2D eigenvalue weighted by atomic mass is 16.3. The minimum absolute atomic E-state index is 0.0120. The maximum Gasteiger partial charge on any atom is 0.251 e. The van der Waals surface area contributed by atoms with Crippen molar-refractivity contribution in [3.8, 4) is 0 Å². The quantitative estimate of drug-likeness (QED) is 0.666. The third-order valence-corrected chi connectivity index (χ3v) is 2.44. The lowest BCUT2D eigenvalue weighted by Crippen LogP contribution is -2.43. The van der Waals surface area contributed by atoms with Gasteiger partial charge in [-0.15, -0.1) is 0 Å². The Morgan fingerprint density at radius 3 is 2.78 bits per heavy atom. The molecule has 1 atom stereocenters. The summed E-state index contributed by atoms with van der Waals surface area (Å²) in [6.07, 6.45) is 1.55. The zero-order valence-corrected chi connectivity index (χ0v) is 10.8. The number of hydrogen-bond acceptors (Lipinski definition) is 5. The summed E-state index contributed by atoms with van der Waals surface area (Å²) in [4.78, 5) is 17.7. The molecule has 0 saturated carbocycles. The first-order valence-corrected chi connectivity index (χ1v) is 5.60. The predicted molar refractivity (Wildman–Crippen MR) is 68.6 cm³/mol. The summed E-state index contributed by atoms with van der Waals surface area (Å²) >= 11 is 0. The van der Waals surface area contributed by atoms with Gasteiger partial charge < -0.3 is 20.4 Å². The molecule has 0 aliphatic rings. The smallest absolute Gasteiger partial charge is 0.251 e. The number of aliphatic hydroxyl groups excluding tert-OH is 1. The van der Waals surface area contributed by atoms with Gasteiger partial charge in [-0.2, -0.15) is 0 Å². The topological polar surface area (TPSA) is 85.7 Å². The molecule has 0 aliphatic heterocycles. The van der Waals surface area contributed by atoms with Gasteiger partial charge in [-0.05, 0) is 19.1 Å². The van der Waals surface area contributed by atoms with Crippen molar-refractivity contribution in [2.45, 2.75) is 12.5 Å². The first kappa shape index (κ1) is 14.4. The van der Waals surface area contributed by atoms with Crippen LogP contribution in [0.5, 0.6) is 0 Å². The molecule has 100 valence electrons. The summed E-state index contributed by atoms with van der Waals surface area (Å²) in [6, 6.07) is 3.25. The zero-order valence-electron chi connectivity index (χ0n) is 10.8. The molecule has 1 aromatic heterocycles. The van der Waals surface area contributed by atoms with Gasteiger partial charge in [0.05, 0.1) is 6.61 Å². The Morgan fingerprint density at radius 1 is 1.56 bits per heavy atom. The number of aliphatic hydroxyl groups is 2. The van der Waals surface area contributed by atoms with Gasteiger partial charge in [0.1, 0.15) is 11.4 Å². The number of nitrogens with one attached hydrogen (secondary N) is 1. The zero-order chi connectivity index (χ0) is 13.8. The summed E-state index contributed by atoms with van der Waals surface area (Å²) in [5.41, 5.74) is -0.852. The number of carbonyl (C=O) groups is 1. The highest BCUT2D eigenvalue weighted by molar-refractivity contribution is 5.94. The van der Waals surface area contributed by atoms with E-state index in [1.807, 2.05) is 14.1 Å². The van der Waals surface area contributed by atoms with Gasteiger partial charge in [0.2, 0.25) is 0 Å². The fraction of sp³-hybridized carbons (Fsp3) is 0.500. The van der Waals surface area contributed by atoms with Crippen LogP contribution >= 0.6 is 0 Å². The molecular formula is C12H19N3O3. The second-order valence-corrected chi connectivity index (χ2v) is 4.63. The van der Waals surface area contributed by atoms with Crippen LogP contribution in [0.1, 0.15) is 17.3 Å². The second kappa shape index (κ2) is 5.79. The Morgan fingerprint density at radius 2 is 2.22 bits per heavy atom. The van der Waals surface area contributed by atoms with E-state index in [9.17, 15) is 9.90 Å². The number of rotatable bonds is 5. The largest absolute Gasteiger partial charge is 0.393 e. The average molecular weight is 253 g/mol. The highest BCUT2D eigenvalue weighted by Gasteiger charge is 2.20. The number of hydrogen-bond donors (Lipinski definition) is 3. The number of aromatic nitrogens is 1. The van der Waals surface area contributed by atoms with Crippen molar-refractivity contribution in [3.63, 3.8) is 0 Å². The molecule has 0 saturated heterocycles. The van der Waals surface area contributed by atoms with E-state index in [0.29, 0.717) is 11.4 Å². The van der Waals surface area contributed by atoms with Gasteiger partial charge in [0.15, 0.2) is 0 Å². The van der Waals surface area contributed by atoms with Crippen LogP contribution in [-0.2, 0) is 0 Å². The van der Waals surface area contributed by atoms with Crippen LogP contribution in [-0.4, -0.2) is 54.0 Å². The van der Waals surface area contributed by atoms with Gasteiger partial charge in [-0.1, -0.05) is 0 Å². The Kier molecular flexibility index (Phi) is 4.63. The summed E-state index contributed by atoms with van der Waals surface area (Å²) in [5, 5.41) is 21.0. The van der Waals surface area contributed by atoms with Crippen LogP contribution in [0.4, 0.5) is 5.82 Å². The maximum atomic E-state index is 11.8. The third-order valence-electron chi connectivity index (χ3n) is 2.44. The average Bonchev–Trinajstić information content (AvgIpc) is 2.36. The monoisotopic (exact) mass is 253 g/mol. The molecule has 18 heavy (non-hydrogen) atoms. The Hall–Kier alpha value is -1.66. The van der Waals surface area contributed by atoms with Gasteiger partial charge in [-0.25, -0.2) is 4.98 Å². The second-order valence-electron chi connectivity index (χ2n) is 4.63. The first-order valence-electron chi connectivity index (χ1n) is 5.60. The molecule has 0 radical (unpaired) electrons. The first-order chi connectivity index (χ1) is 8.35. The number of carbonyl (C=O) groups excluding carboxylic acids is 1. The van der Waals surface area contributed by atoms with Crippen molar-refractivity contribution in [2.24, 2.45) is 0 Å². The van der Waals surface area contributed by atoms with Gasteiger partial charge in [-0.3, -0.25) is 4.79 Å². The van der Waals surface area contributed by atoms with Crippen molar-refractivity contribution in [3.05, 3.63) is 23.9 Å². The van der Waals surface area contributed by atoms with Crippen LogP contribution < -0.4 is 10.2 Å². The Labute approximate surface area is 106 Å². The molecule has 0 aromatic carbocycles. The molecule has 0 bridgehead atoms. The summed E-state index contributed by atoms with van der Waals surface area (Å²) < 4.78 is 0. The Bertz CT molecular complexity index is 419. The van der Waals surface area contributed by atoms with E-state index in [4.69, 9.17) is 5.11 Å². The minimum Gasteiger partial charge on any atom is -0.393 e. The molecule has 0 spiro atoms. The number of pyridine rings is 1. The minimum atomic E-state index is -1.31. The molecule has 0 aliphatic carbocycles. The lowest BCUT2D eigenvalue weighted by molar-refractivity contribution is 0.00320. The summed E-state index contributed by atoms with van der Waals surface area (Å²) in [7, 11) is 3.67. The van der Waals surface area contributed by atoms with Gasteiger partial charge in [0, 0.05) is 32.4 Å². The molecule has 1 amide bonds. The highest BCUT2D eigenvalue weighted by Crippen LogP contribution is 2.09. The van der Waals surface area contributed by atoms with Crippen molar-refractivity contribution in [1.82, 2.24) is 10.3 Å². The maximum absolute atomic E-state index is 11.8. The molecule has 1 heterocycles. The van der Waals surface area contributed by atoms with E-state index < -0.39 is 12.2 Å². The summed E-state index contributed by atoms with van der Waals surface area (Å²) in [6.45, 7) is 1.03. The van der Waals surface area contributed by atoms with Crippen LogP contribution in [0.3, 0.4) is 0 Å². The van der Waals surface area contributed by atoms with E-state index in [-0.39, 0.29) is 12.5 Å². The Balaban J connectivity index is 2.70. The lowest BCUT2D eigenvalue weighted by Gasteiger charge is -2.20. The SMILES string of the molecule is CN(C)c1cc(C(=O)NCC(C)(O)CO)ccn1. The van der Waals surface area contributed by atoms with E-state index in [1.54, 1.807) is 23.2 Å². The summed E-state index contributed by atoms with van der Waals surface area (Å²) in [5.74, 6) is 0.366. The number of nitrogens with zero attached hydrogens (tertiary/aromatic N) is 2. The molecule has 1 aromatic rings. The molecular weight excluding hydrogens is 234 g/mol. The fourth-order valence-electron chi connectivity index (χ4n) is 1.23. The van der Waals surface area contributed by atoms with Crippen molar-refractivity contribution < 1.29 is 15.0 Å². The fourth-order valence-corrected chi connectivity index (χ4v) is 1.23. The van der Waals surface area contributed by atoms with Crippen molar-refractivity contribution in [2.75, 3.05) is 32.1 Å². The van der Waals surface area contributed by atoms with E-state index in [0.717, 1.165) is 0 Å². The predicted octanol–water partition coefficient (Wildman–Crippen LogP) is -0.379. The van der Waals surface area contributed by atoms with Crippen LogP contribution in [0, 0.1) is 0 Å². The van der Waals surface area contributed by atoms with Crippen LogP contribution in [0.2, 0.25) is 0 Å². The van der Waals surface area contributed by atoms with Crippen molar-refractivity contribution >= 4 is 11.7 Å². The number of anilines is 1. The molecule has 0 fully saturated rings. The van der Waals surface area contributed by atoms with Gasteiger partial charge in [0.25, 0.3) is 5.91 Å². The lowest BCUT2D eigenvalue weighted by atomic mass is 10.1. The molecule has 6 heteroatoms. The normalized spacial score (nSPS) is 13.8. The van der Waals surface area contributed by atoms with Crippen LogP contribution in [0.25, 0.3) is 0 Å². The molecule has 6 nitrogen and oxygen atoms in total. The molecule has 1 rings (SSSR count). The number of amides is 1. The van der Waals surface area contributed by atoms with Crippen molar-refractivity contribution in [1.29, 1.82) is 0 Å². The van der Waals surface area contributed by atoms with E-state index in [1.165, 1.54) is 6.92 Å².